The summed E-state index contributed by atoms with van der Waals surface area (Å²) in [6.45, 7) is 6.51. The Labute approximate surface area is 143 Å². The molecule has 1 aromatic rings. The second kappa shape index (κ2) is 9.39. The molecule has 1 aliphatic rings. The number of carbonyl (C=O) groups excluding carboxylic acids is 2. The van der Waals surface area contributed by atoms with Crippen molar-refractivity contribution in [2.24, 2.45) is 5.92 Å². The summed E-state index contributed by atoms with van der Waals surface area (Å²) in [6, 6.07) is 7.01. The van der Waals surface area contributed by atoms with E-state index < -0.39 is 0 Å². The normalized spacial score (nSPS) is 15.3. The minimum atomic E-state index is -0.238. The van der Waals surface area contributed by atoms with Gasteiger partial charge in [-0.25, -0.2) is 0 Å². The van der Waals surface area contributed by atoms with Crippen molar-refractivity contribution >= 4 is 17.5 Å². The first-order valence-electron chi connectivity index (χ1n) is 8.55. The Bertz CT molecular complexity index is 554. The molecule has 132 valence electrons. The van der Waals surface area contributed by atoms with Crippen LogP contribution in [-0.4, -0.2) is 44.2 Å². The number of amides is 2. The molecule has 24 heavy (non-hydrogen) atoms. The lowest BCUT2D eigenvalue weighted by atomic mass is 10.1. The van der Waals surface area contributed by atoms with Gasteiger partial charge in [0.1, 0.15) is 6.61 Å². The second-order valence-corrected chi connectivity index (χ2v) is 6.46. The van der Waals surface area contributed by atoms with Crippen LogP contribution in [0.2, 0.25) is 0 Å². The molecule has 6 heteroatoms. The molecule has 3 N–H and O–H groups in total. The van der Waals surface area contributed by atoms with Gasteiger partial charge in [0.05, 0.1) is 17.4 Å². The summed E-state index contributed by atoms with van der Waals surface area (Å²) in [6.07, 6.45) is 1.96. The highest BCUT2D eigenvalue weighted by atomic mass is 16.5. The maximum atomic E-state index is 12.3. The molecule has 0 spiro atoms. The van der Waals surface area contributed by atoms with Crippen molar-refractivity contribution < 1.29 is 14.3 Å². The summed E-state index contributed by atoms with van der Waals surface area (Å²) in [5.74, 6) is -0.0504. The highest BCUT2D eigenvalue weighted by molar-refractivity contribution is 6.03. The fourth-order valence-electron chi connectivity index (χ4n) is 2.52. The van der Waals surface area contributed by atoms with Crippen LogP contribution in [0.3, 0.4) is 0 Å². The Morgan fingerprint density at radius 3 is 2.67 bits per heavy atom. The van der Waals surface area contributed by atoms with Gasteiger partial charge in [-0.05, 0) is 44.0 Å². The minimum absolute atomic E-state index is 0.00656. The molecule has 1 fully saturated rings. The number of nitrogens with one attached hydrogen (secondary N) is 3. The molecule has 1 saturated heterocycles. The number of benzene rings is 1. The number of hydrogen-bond acceptors (Lipinski definition) is 4. The lowest BCUT2D eigenvalue weighted by Gasteiger charge is -2.22. The van der Waals surface area contributed by atoms with Crippen molar-refractivity contribution in [2.75, 3.05) is 31.6 Å². The number of ether oxygens (including phenoxy) is 1. The van der Waals surface area contributed by atoms with Gasteiger partial charge in [0.2, 0.25) is 5.91 Å². The van der Waals surface area contributed by atoms with Gasteiger partial charge in [-0.15, -0.1) is 0 Å². The van der Waals surface area contributed by atoms with Gasteiger partial charge in [-0.2, -0.15) is 0 Å². The molecule has 1 aliphatic heterocycles. The Balaban J connectivity index is 1.88. The fourth-order valence-corrected chi connectivity index (χ4v) is 2.52. The summed E-state index contributed by atoms with van der Waals surface area (Å²) in [7, 11) is 0. The third-order valence-corrected chi connectivity index (χ3v) is 3.85. The summed E-state index contributed by atoms with van der Waals surface area (Å²) in [5, 5.41) is 8.90. The van der Waals surface area contributed by atoms with Crippen molar-refractivity contribution in [2.45, 2.75) is 32.8 Å². The molecular formula is C18H27N3O3. The zero-order chi connectivity index (χ0) is 17.4. The summed E-state index contributed by atoms with van der Waals surface area (Å²) in [4.78, 5) is 24.4. The number of hydrogen-bond donors (Lipinski definition) is 3. The van der Waals surface area contributed by atoms with E-state index in [0.717, 1.165) is 25.9 Å². The number of piperidine rings is 1. The predicted octanol–water partition coefficient (Wildman–Crippen LogP) is 1.78. The summed E-state index contributed by atoms with van der Waals surface area (Å²) < 4.78 is 5.64. The van der Waals surface area contributed by atoms with E-state index in [-0.39, 0.29) is 24.5 Å². The van der Waals surface area contributed by atoms with Crippen LogP contribution in [0, 0.1) is 5.92 Å². The standard InChI is InChI=1S/C18H27N3O3/c1-13(2)11-20-18(23)15-5-3-4-6-16(15)21-17(22)12-24-14-7-9-19-10-8-14/h3-6,13-14,19H,7-12H2,1-2H3,(H,20,23)(H,21,22). The third-order valence-electron chi connectivity index (χ3n) is 3.85. The number of rotatable bonds is 7. The van der Waals surface area contributed by atoms with Crippen molar-refractivity contribution in [3.8, 4) is 0 Å². The smallest absolute Gasteiger partial charge is 0.253 e. The average Bonchev–Trinajstić information content (AvgIpc) is 2.59. The minimum Gasteiger partial charge on any atom is -0.368 e. The molecule has 0 aliphatic carbocycles. The quantitative estimate of drug-likeness (QED) is 0.711. The van der Waals surface area contributed by atoms with E-state index >= 15 is 0 Å². The van der Waals surface area contributed by atoms with Crippen molar-refractivity contribution in [3.05, 3.63) is 29.8 Å². The maximum Gasteiger partial charge on any atom is 0.253 e. The van der Waals surface area contributed by atoms with Crippen LogP contribution in [0.4, 0.5) is 5.69 Å². The Hall–Kier alpha value is -1.92. The Kier molecular flexibility index (Phi) is 7.21. The van der Waals surface area contributed by atoms with Crippen LogP contribution in [0.25, 0.3) is 0 Å². The van der Waals surface area contributed by atoms with E-state index in [1.165, 1.54) is 0 Å². The van der Waals surface area contributed by atoms with Crippen LogP contribution < -0.4 is 16.0 Å². The second-order valence-electron chi connectivity index (χ2n) is 6.46. The first-order valence-corrected chi connectivity index (χ1v) is 8.55. The van der Waals surface area contributed by atoms with E-state index in [1.54, 1.807) is 24.3 Å². The van der Waals surface area contributed by atoms with Crippen molar-refractivity contribution in [3.63, 3.8) is 0 Å². The number of anilines is 1. The topological polar surface area (TPSA) is 79.5 Å². The molecule has 1 aromatic carbocycles. The van der Waals surface area contributed by atoms with E-state index in [0.29, 0.717) is 23.7 Å². The van der Waals surface area contributed by atoms with Crippen LogP contribution in [-0.2, 0) is 9.53 Å². The van der Waals surface area contributed by atoms with Gasteiger partial charge in [-0.1, -0.05) is 26.0 Å². The van der Waals surface area contributed by atoms with Gasteiger partial charge in [0.15, 0.2) is 0 Å². The number of carbonyl (C=O) groups is 2. The highest BCUT2D eigenvalue weighted by Crippen LogP contribution is 2.15. The lowest BCUT2D eigenvalue weighted by Crippen LogP contribution is -2.34. The Morgan fingerprint density at radius 2 is 1.96 bits per heavy atom. The molecule has 2 rings (SSSR count). The molecule has 1 heterocycles. The van der Waals surface area contributed by atoms with Crippen molar-refractivity contribution in [1.29, 1.82) is 0 Å². The lowest BCUT2D eigenvalue weighted by molar-refractivity contribution is -0.123. The van der Waals surface area contributed by atoms with Crippen LogP contribution in [0.5, 0.6) is 0 Å². The van der Waals surface area contributed by atoms with E-state index in [1.807, 2.05) is 13.8 Å². The van der Waals surface area contributed by atoms with E-state index in [4.69, 9.17) is 4.74 Å². The molecule has 2 amide bonds. The molecule has 6 nitrogen and oxygen atoms in total. The van der Waals surface area contributed by atoms with Crippen molar-refractivity contribution in [1.82, 2.24) is 10.6 Å². The molecule has 0 unspecified atom stereocenters. The first kappa shape index (κ1) is 18.4. The number of para-hydroxylation sites is 1. The van der Waals surface area contributed by atoms with E-state index in [2.05, 4.69) is 16.0 Å². The van der Waals surface area contributed by atoms with E-state index in [9.17, 15) is 9.59 Å². The van der Waals surface area contributed by atoms with Crippen LogP contribution in [0.15, 0.2) is 24.3 Å². The zero-order valence-electron chi connectivity index (χ0n) is 14.4. The van der Waals surface area contributed by atoms with Crippen LogP contribution in [0.1, 0.15) is 37.0 Å². The first-order chi connectivity index (χ1) is 11.6. The zero-order valence-corrected chi connectivity index (χ0v) is 14.4. The summed E-state index contributed by atoms with van der Waals surface area (Å²) in [5.41, 5.74) is 0.978. The van der Waals surface area contributed by atoms with Gasteiger partial charge < -0.3 is 20.7 Å². The monoisotopic (exact) mass is 333 g/mol. The summed E-state index contributed by atoms with van der Waals surface area (Å²) >= 11 is 0. The molecule has 0 bridgehead atoms. The molecule has 0 saturated carbocycles. The maximum absolute atomic E-state index is 12.3. The molecule has 0 aromatic heterocycles. The predicted molar refractivity (Wildman–Crippen MR) is 94.1 cm³/mol. The van der Waals surface area contributed by atoms with Gasteiger partial charge in [0.25, 0.3) is 5.91 Å². The Morgan fingerprint density at radius 1 is 1.25 bits per heavy atom. The largest absolute Gasteiger partial charge is 0.368 e. The van der Waals surface area contributed by atoms with Gasteiger partial charge in [0, 0.05) is 6.54 Å². The highest BCUT2D eigenvalue weighted by Gasteiger charge is 2.16. The average molecular weight is 333 g/mol. The van der Waals surface area contributed by atoms with Gasteiger partial charge in [-0.3, -0.25) is 9.59 Å². The molecular weight excluding hydrogens is 306 g/mol. The van der Waals surface area contributed by atoms with Crippen LogP contribution >= 0.6 is 0 Å². The van der Waals surface area contributed by atoms with Gasteiger partial charge >= 0.3 is 0 Å². The third kappa shape index (κ3) is 5.94. The fraction of sp³-hybridized carbons (Fsp3) is 0.556. The molecule has 0 atom stereocenters. The molecule has 0 radical (unpaired) electrons. The SMILES string of the molecule is CC(C)CNC(=O)c1ccccc1NC(=O)COC1CCNCC1.